The van der Waals surface area contributed by atoms with Crippen molar-refractivity contribution in [3.63, 3.8) is 0 Å². The van der Waals surface area contributed by atoms with Crippen LogP contribution in [0.1, 0.15) is 13.8 Å². The van der Waals surface area contributed by atoms with Crippen LogP contribution in [0.5, 0.6) is 5.75 Å². The Labute approximate surface area is 106 Å². The van der Waals surface area contributed by atoms with E-state index in [1.165, 1.54) is 6.33 Å². The van der Waals surface area contributed by atoms with Crippen molar-refractivity contribution in [3.8, 4) is 17.0 Å². The van der Waals surface area contributed by atoms with E-state index in [9.17, 15) is 0 Å². The Morgan fingerprint density at radius 2 is 2.00 bits per heavy atom. The van der Waals surface area contributed by atoms with E-state index in [1.807, 2.05) is 33.0 Å². The topological polar surface area (TPSA) is 59.9 Å². The summed E-state index contributed by atoms with van der Waals surface area (Å²) in [4.78, 5) is 12.5. The number of pyridine rings is 1. The lowest BCUT2D eigenvalue weighted by molar-refractivity contribution is 0.241. The summed E-state index contributed by atoms with van der Waals surface area (Å²) >= 11 is 0. The van der Waals surface area contributed by atoms with Crippen molar-refractivity contribution in [2.24, 2.45) is 0 Å². The van der Waals surface area contributed by atoms with Crippen LogP contribution in [0.4, 0.5) is 5.82 Å². The molecule has 0 aliphatic heterocycles. The number of nitrogens with zero attached hydrogens (tertiary/aromatic N) is 3. The molecule has 0 fully saturated rings. The van der Waals surface area contributed by atoms with E-state index >= 15 is 0 Å². The Morgan fingerprint density at radius 3 is 2.72 bits per heavy atom. The minimum atomic E-state index is 0.125. The smallest absolute Gasteiger partial charge is 0.138 e. The lowest BCUT2D eigenvalue weighted by Gasteiger charge is -2.10. The second-order valence-corrected chi connectivity index (χ2v) is 4.11. The number of nitrogens with one attached hydrogen (secondary N) is 1. The van der Waals surface area contributed by atoms with Gasteiger partial charge in [0.05, 0.1) is 18.0 Å². The molecule has 2 rings (SSSR count). The largest absolute Gasteiger partial charge is 0.489 e. The third-order valence-electron chi connectivity index (χ3n) is 2.30. The summed E-state index contributed by atoms with van der Waals surface area (Å²) in [5.41, 5.74) is 1.73. The van der Waals surface area contributed by atoms with Crippen LogP contribution in [0.15, 0.2) is 30.9 Å². The molecular formula is C13H16N4O. The van der Waals surface area contributed by atoms with E-state index in [0.29, 0.717) is 0 Å². The van der Waals surface area contributed by atoms with Crippen molar-refractivity contribution < 1.29 is 4.74 Å². The average molecular weight is 244 g/mol. The Kier molecular flexibility index (Phi) is 3.72. The van der Waals surface area contributed by atoms with Gasteiger partial charge in [-0.15, -0.1) is 0 Å². The van der Waals surface area contributed by atoms with Gasteiger partial charge >= 0.3 is 0 Å². The first-order valence-electron chi connectivity index (χ1n) is 5.81. The van der Waals surface area contributed by atoms with Gasteiger partial charge in [0.1, 0.15) is 17.9 Å². The molecule has 2 aromatic heterocycles. The summed E-state index contributed by atoms with van der Waals surface area (Å²) in [5, 5.41) is 2.98. The van der Waals surface area contributed by atoms with Crippen LogP contribution in [0.3, 0.4) is 0 Å². The van der Waals surface area contributed by atoms with Crippen LogP contribution in [-0.2, 0) is 0 Å². The van der Waals surface area contributed by atoms with Crippen molar-refractivity contribution in [2.45, 2.75) is 20.0 Å². The van der Waals surface area contributed by atoms with E-state index < -0.39 is 0 Å². The van der Waals surface area contributed by atoms with Gasteiger partial charge in [0.25, 0.3) is 0 Å². The third-order valence-corrected chi connectivity index (χ3v) is 2.30. The number of hydrogen-bond donors (Lipinski definition) is 1. The first-order valence-corrected chi connectivity index (χ1v) is 5.81. The predicted molar refractivity (Wildman–Crippen MR) is 70.6 cm³/mol. The first-order chi connectivity index (χ1) is 8.69. The molecule has 0 aliphatic carbocycles. The fourth-order valence-corrected chi connectivity index (χ4v) is 1.55. The first kappa shape index (κ1) is 12.3. The zero-order valence-corrected chi connectivity index (χ0v) is 10.7. The van der Waals surface area contributed by atoms with Gasteiger partial charge in [-0.2, -0.15) is 0 Å². The quantitative estimate of drug-likeness (QED) is 0.894. The number of hydrogen-bond acceptors (Lipinski definition) is 5. The number of aromatic nitrogens is 3. The standard InChI is InChI=1S/C13H16N4O/c1-9(2)18-11-4-10(6-15-7-11)12-5-13(14-3)17-8-16-12/h4-9H,1-3H3,(H,14,16,17). The second-order valence-electron chi connectivity index (χ2n) is 4.11. The fraction of sp³-hybridized carbons (Fsp3) is 0.308. The highest BCUT2D eigenvalue weighted by molar-refractivity contribution is 5.62. The zero-order valence-electron chi connectivity index (χ0n) is 10.7. The molecular weight excluding hydrogens is 228 g/mol. The van der Waals surface area contributed by atoms with Gasteiger partial charge in [0.2, 0.25) is 0 Å². The maximum atomic E-state index is 5.61. The van der Waals surface area contributed by atoms with Gasteiger partial charge in [0.15, 0.2) is 0 Å². The molecule has 0 bridgehead atoms. The molecule has 18 heavy (non-hydrogen) atoms. The maximum absolute atomic E-state index is 5.61. The predicted octanol–water partition coefficient (Wildman–Crippen LogP) is 2.37. The molecule has 1 N–H and O–H groups in total. The molecule has 2 heterocycles. The Morgan fingerprint density at radius 1 is 1.17 bits per heavy atom. The summed E-state index contributed by atoms with van der Waals surface area (Å²) < 4.78 is 5.61. The fourth-order valence-electron chi connectivity index (χ4n) is 1.55. The molecule has 2 aromatic rings. The van der Waals surface area contributed by atoms with E-state index in [0.717, 1.165) is 22.8 Å². The van der Waals surface area contributed by atoms with Crippen LogP contribution in [0, 0.1) is 0 Å². The summed E-state index contributed by atoms with van der Waals surface area (Å²) in [5.74, 6) is 1.52. The maximum Gasteiger partial charge on any atom is 0.138 e. The van der Waals surface area contributed by atoms with Crippen molar-refractivity contribution in [1.29, 1.82) is 0 Å². The molecule has 0 saturated heterocycles. The Bertz CT molecular complexity index is 528. The van der Waals surface area contributed by atoms with Crippen molar-refractivity contribution >= 4 is 5.82 Å². The van der Waals surface area contributed by atoms with Crippen molar-refractivity contribution in [2.75, 3.05) is 12.4 Å². The molecule has 94 valence electrons. The molecule has 0 amide bonds. The van der Waals surface area contributed by atoms with Crippen molar-refractivity contribution in [1.82, 2.24) is 15.0 Å². The summed E-state index contributed by atoms with van der Waals surface area (Å²) in [6, 6.07) is 3.80. The Hall–Kier alpha value is -2.17. The summed E-state index contributed by atoms with van der Waals surface area (Å²) in [6.07, 6.45) is 5.11. The molecule has 0 atom stereocenters. The molecule has 0 unspecified atom stereocenters. The minimum absolute atomic E-state index is 0.125. The summed E-state index contributed by atoms with van der Waals surface area (Å²) in [6.45, 7) is 3.97. The third kappa shape index (κ3) is 2.94. The highest BCUT2D eigenvalue weighted by Crippen LogP contribution is 2.22. The van der Waals surface area contributed by atoms with Crippen LogP contribution < -0.4 is 10.1 Å². The molecule has 0 aliphatic rings. The van der Waals surface area contributed by atoms with E-state index in [1.54, 1.807) is 12.4 Å². The SMILES string of the molecule is CNc1cc(-c2cncc(OC(C)C)c2)ncn1. The average Bonchev–Trinajstić information content (AvgIpc) is 2.38. The second kappa shape index (κ2) is 5.44. The van der Waals surface area contributed by atoms with E-state index in [4.69, 9.17) is 4.74 Å². The normalized spacial score (nSPS) is 10.4. The number of ether oxygens (including phenoxy) is 1. The van der Waals surface area contributed by atoms with Gasteiger partial charge in [-0.1, -0.05) is 0 Å². The molecule has 5 nitrogen and oxygen atoms in total. The van der Waals surface area contributed by atoms with Gasteiger partial charge in [-0.3, -0.25) is 4.98 Å². The highest BCUT2D eigenvalue weighted by Gasteiger charge is 2.05. The lowest BCUT2D eigenvalue weighted by Crippen LogP contribution is -2.05. The van der Waals surface area contributed by atoms with Crippen LogP contribution >= 0.6 is 0 Å². The molecule has 0 radical (unpaired) electrons. The van der Waals surface area contributed by atoms with Gasteiger partial charge in [-0.25, -0.2) is 9.97 Å². The van der Waals surface area contributed by atoms with Crippen LogP contribution in [0.2, 0.25) is 0 Å². The number of rotatable bonds is 4. The van der Waals surface area contributed by atoms with Gasteiger partial charge in [0, 0.05) is 24.9 Å². The molecule has 5 heteroatoms. The lowest BCUT2D eigenvalue weighted by atomic mass is 10.2. The highest BCUT2D eigenvalue weighted by atomic mass is 16.5. The molecule has 0 aromatic carbocycles. The minimum Gasteiger partial charge on any atom is -0.489 e. The number of anilines is 1. The molecule has 0 spiro atoms. The van der Waals surface area contributed by atoms with Crippen molar-refractivity contribution in [3.05, 3.63) is 30.9 Å². The van der Waals surface area contributed by atoms with Gasteiger partial charge in [-0.05, 0) is 19.9 Å². The van der Waals surface area contributed by atoms with E-state index in [2.05, 4.69) is 20.3 Å². The van der Waals surface area contributed by atoms with Crippen LogP contribution in [-0.4, -0.2) is 28.1 Å². The van der Waals surface area contributed by atoms with Crippen LogP contribution in [0.25, 0.3) is 11.3 Å². The Balaban J connectivity index is 2.32. The monoisotopic (exact) mass is 244 g/mol. The summed E-state index contributed by atoms with van der Waals surface area (Å²) in [7, 11) is 1.82. The zero-order chi connectivity index (χ0) is 13.0. The van der Waals surface area contributed by atoms with E-state index in [-0.39, 0.29) is 6.10 Å². The van der Waals surface area contributed by atoms with Gasteiger partial charge < -0.3 is 10.1 Å². The molecule has 0 saturated carbocycles.